The van der Waals surface area contributed by atoms with Gasteiger partial charge in [-0.25, -0.2) is 4.79 Å². The van der Waals surface area contributed by atoms with Gasteiger partial charge >= 0.3 is 6.03 Å². The second-order valence-corrected chi connectivity index (χ2v) is 3.72. The molecular formula is C11H13N3O2. The van der Waals surface area contributed by atoms with Crippen molar-refractivity contribution in [2.24, 2.45) is 5.73 Å². The van der Waals surface area contributed by atoms with Crippen molar-refractivity contribution >= 4 is 11.9 Å². The van der Waals surface area contributed by atoms with Crippen LogP contribution in [0.4, 0.5) is 4.79 Å². The topological polar surface area (TPSA) is 84.2 Å². The van der Waals surface area contributed by atoms with E-state index >= 15 is 0 Å². The highest BCUT2D eigenvalue weighted by atomic mass is 16.2. The Balaban J connectivity index is 2.44. The monoisotopic (exact) mass is 219 g/mol. The van der Waals surface area contributed by atoms with E-state index in [0.29, 0.717) is 13.0 Å². The molecule has 1 aliphatic rings. The highest BCUT2D eigenvalue weighted by Gasteiger charge is 2.46. The number of hydrogen-bond donors (Lipinski definition) is 3. The molecule has 16 heavy (non-hydrogen) atoms. The van der Waals surface area contributed by atoms with E-state index in [1.807, 2.05) is 18.2 Å². The third-order valence-electron chi connectivity index (χ3n) is 2.73. The standard InChI is InChI=1S/C11H13N3O2/c12-7-6-11(8-4-2-1-3-5-8)9(15)13-10(16)14-11/h1-5H,6-7,12H2,(H2,13,14,15,16). The molecule has 1 aromatic rings. The molecule has 5 nitrogen and oxygen atoms in total. The molecule has 0 aliphatic carbocycles. The smallest absolute Gasteiger partial charge is 0.322 e. The summed E-state index contributed by atoms with van der Waals surface area (Å²) in [4.78, 5) is 23.1. The van der Waals surface area contributed by atoms with Crippen LogP contribution < -0.4 is 16.4 Å². The largest absolute Gasteiger partial charge is 0.330 e. The minimum atomic E-state index is -1.01. The molecule has 0 spiro atoms. The van der Waals surface area contributed by atoms with Crippen LogP contribution >= 0.6 is 0 Å². The van der Waals surface area contributed by atoms with Crippen LogP contribution in [-0.2, 0) is 10.3 Å². The molecular weight excluding hydrogens is 206 g/mol. The van der Waals surface area contributed by atoms with Crippen molar-refractivity contribution in [1.82, 2.24) is 10.6 Å². The minimum Gasteiger partial charge on any atom is -0.330 e. The van der Waals surface area contributed by atoms with Crippen LogP contribution in [0.2, 0.25) is 0 Å². The number of carbonyl (C=O) groups is 2. The highest BCUT2D eigenvalue weighted by molar-refractivity contribution is 6.07. The van der Waals surface area contributed by atoms with Crippen molar-refractivity contribution in [1.29, 1.82) is 0 Å². The van der Waals surface area contributed by atoms with Crippen molar-refractivity contribution in [3.8, 4) is 0 Å². The van der Waals surface area contributed by atoms with Gasteiger partial charge in [-0.1, -0.05) is 30.3 Å². The summed E-state index contributed by atoms with van der Waals surface area (Å²) < 4.78 is 0. The van der Waals surface area contributed by atoms with Gasteiger partial charge in [-0.3, -0.25) is 10.1 Å². The first-order chi connectivity index (χ1) is 7.69. The molecule has 1 fully saturated rings. The Morgan fingerprint density at radius 2 is 1.88 bits per heavy atom. The number of nitrogens with one attached hydrogen (secondary N) is 2. The average Bonchev–Trinajstić information content (AvgIpc) is 2.57. The summed E-state index contributed by atoms with van der Waals surface area (Å²) in [6.45, 7) is 0.322. The third-order valence-corrected chi connectivity index (χ3v) is 2.73. The van der Waals surface area contributed by atoms with E-state index in [1.165, 1.54) is 0 Å². The van der Waals surface area contributed by atoms with Crippen LogP contribution in [0.1, 0.15) is 12.0 Å². The minimum absolute atomic E-state index is 0.322. The van der Waals surface area contributed by atoms with Gasteiger partial charge in [0.05, 0.1) is 0 Å². The maximum atomic E-state index is 11.8. The van der Waals surface area contributed by atoms with E-state index < -0.39 is 11.6 Å². The maximum absolute atomic E-state index is 11.8. The maximum Gasteiger partial charge on any atom is 0.322 e. The quantitative estimate of drug-likeness (QED) is 0.629. The number of urea groups is 1. The Hall–Kier alpha value is -1.88. The number of carbonyl (C=O) groups excluding carboxylic acids is 2. The molecule has 1 aromatic carbocycles. The summed E-state index contributed by atoms with van der Waals surface area (Å²) >= 11 is 0. The molecule has 0 saturated carbocycles. The van der Waals surface area contributed by atoms with Crippen LogP contribution in [0, 0.1) is 0 Å². The first-order valence-electron chi connectivity index (χ1n) is 5.08. The fourth-order valence-electron chi connectivity index (χ4n) is 1.95. The number of nitrogens with two attached hydrogens (primary N) is 1. The van der Waals surface area contributed by atoms with Gasteiger partial charge in [-0.2, -0.15) is 0 Å². The Bertz CT molecular complexity index is 418. The van der Waals surface area contributed by atoms with Gasteiger partial charge in [0, 0.05) is 0 Å². The van der Waals surface area contributed by atoms with Gasteiger partial charge in [0.15, 0.2) is 0 Å². The summed E-state index contributed by atoms with van der Waals surface area (Å²) in [6.07, 6.45) is 0.384. The van der Waals surface area contributed by atoms with Crippen LogP contribution in [0.3, 0.4) is 0 Å². The molecule has 84 valence electrons. The predicted molar refractivity (Wildman–Crippen MR) is 58.5 cm³/mol. The number of amides is 3. The predicted octanol–water partition coefficient (Wildman–Crippen LogP) is 0.0701. The molecule has 0 bridgehead atoms. The van der Waals surface area contributed by atoms with Gasteiger partial charge in [-0.15, -0.1) is 0 Å². The molecule has 4 N–H and O–H groups in total. The Morgan fingerprint density at radius 3 is 2.38 bits per heavy atom. The fraction of sp³-hybridized carbons (Fsp3) is 0.273. The SMILES string of the molecule is NCCC1(c2ccccc2)NC(=O)NC1=O. The Labute approximate surface area is 93.0 Å². The van der Waals surface area contributed by atoms with Crippen molar-refractivity contribution in [3.05, 3.63) is 35.9 Å². The highest BCUT2D eigenvalue weighted by Crippen LogP contribution is 2.27. The first kappa shape index (κ1) is 10.6. The van der Waals surface area contributed by atoms with Gasteiger partial charge < -0.3 is 11.1 Å². The van der Waals surface area contributed by atoms with E-state index in [2.05, 4.69) is 10.6 Å². The molecule has 0 aromatic heterocycles. The lowest BCUT2D eigenvalue weighted by molar-refractivity contribution is -0.124. The average molecular weight is 219 g/mol. The molecule has 0 radical (unpaired) electrons. The zero-order valence-corrected chi connectivity index (χ0v) is 8.69. The lowest BCUT2D eigenvalue weighted by Crippen LogP contribution is -2.45. The second-order valence-electron chi connectivity index (χ2n) is 3.72. The van der Waals surface area contributed by atoms with Crippen LogP contribution in [0.25, 0.3) is 0 Å². The third kappa shape index (κ3) is 1.55. The van der Waals surface area contributed by atoms with Crippen LogP contribution in [0.15, 0.2) is 30.3 Å². The van der Waals surface area contributed by atoms with Gasteiger partial charge in [0.2, 0.25) is 0 Å². The first-order valence-corrected chi connectivity index (χ1v) is 5.08. The molecule has 2 rings (SSSR count). The van der Waals surface area contributed by atoms with Crippen molar-refractivity contribution in [2.45, 2.75) is 12.0 Å². The van der Waals surface area contributed by atoms with E-state index in [9.17, 15) is 9.59 Å². The molecule has 1 heterocycles. The van der Waals surface area contributed by atoms with Gasteiger partial charge in [0.1, 0.15) is 5.54 Å². The summed E-state index contributed by atoms with van der Waals surface area (Å²) in [5.74, 6) is -0.339. The van der Waals surface area contributed by atoms with E-state index in [0.717, 1.165) is 5.56 Å². The Kier molecular flexibility index (Phi) is 2.62. The summed E-state index contributed by atoms with van der Waals surface area (Å²) in [7, 11) is 0. The number of benzene rings is 1. The zero-order valence-electron chi connectivity index (χ0n) is 8.69. The fourth-order valence-corrected chi connectivity index (χ4v) is 1.95. The van der Waals surface area contributed by atoms with Crippen molar-refractivity contribution in [3.63, 3.8) is 0 Å². The number of hydrogen-bond acceptors (Lipinski definition) is 3. The van der Waals surface area contributed by atoms with E-state index in [4.69, 9.17) is 5.73 Å². The number of imide groups is 1. The molecule has 3 amide bonds. The molecule has 1 unspecified atom stereocenters. The van der Waals surface area contributed by atoms with Crippen molar-refractivity contribution < 1.29 is 9.59 Å². The summed E-state index contributed by atoms with van der Waals surface area (Å²) in [5.41, 5.74) is 5.25. The molecule has 5 heteroatoms. The van der Waals surface area contributed by atoms with E-state index in [-0.39, 0.29) is 5.91 Å². The normalized spacial score (nSPS) is 24.1. The van der Waals surface area contributed by atoms with Gasteiger partial charge in [0.25, 0.3) is 5.91 Å². The van der Waals surface area contributed by atoms with Crippen molar-refractivity contribution in [2.75, 3.05) is 6.54 Å². The van der Waals surface area contributed by atoms with Crippen LogP contribution in [0.5, 0.6) is 0 Å². The molecule has 1 aliphatic heterocycles. The van der Waals surface area contributed by atoms with E-state index in [1.54, 1.807) is 12.1 Å². The Morgan fingerprint density at radius 1 is 1.19 bits per heavy atom. The number of rotatable bonds is 3. The lowest BCUT2D eigenvalue weighted by atomic mass is 9.87. The molecule has 1 saturated heterocycles. The summed E-state index contributed by atoms with van der Waals surface area (Å²) in [5, 5.41) is 4.90. The second kappa shape index (κ2) is 3.94. The lowest BCUT2D eigenvalue weighted by Gasteiger charge is -2.25. The zero-order chi connectivity index (χ0) is 11.6. The van der Waals surface area contributed by atoms with Gasteiger partial charge in [-0.05, 0) is 18.5 Å². The summed E-state index contributed by atoms with van der Waals surface area (Å²) in [6, 6.07) is 8.65. The molecule has 1 atom stereocenters. The van der Waals surface area contributed by atoms with Crippen LogP contribution in [-0.4, -0.2) is 18.5 Å².